The highest BCUT2D eigenvalue weighted by Gasteiger charge is 2.23. The summed E-state index contributed by atoms with van der Waals surface area (Å²) in [6.45, 7) is 3.19. The molecule has 0 aliphatic rings. The van der Waals surface area contributed by atoms with Crippen molar-refractivity contribution in [1.82, 2.24) is 0 Å². The average molecular weight is 183 g/mol. The molecular formula is C10H14FNO. The van der Waals surface area contributed by atoms with Crippen molar-refractivity contribution < 1.29 is 9.50 Å². The van der Waals surface area contributed by atoms with Crippen LogP contribution in [0.25, 0.3) is 0 Å². The maximum Gasteiger partial charge on any atom is 0.128 e. The molecule has 13 heavy (non-hydrogen) atoms. The molecule has 0 aromatic heterocycles. The standard InChI is InChI=1S/C10H14FNO/c1-7-3-4-9(11)8(5-7)10(2,12)6-13/h3-5,13H,6,12H2,1-2H3. The smallest absolute Gasteiger partial charge is 0.128 e. The number of halogens is 1. The van der Waals surface area contributed by atoms with Gasteiger partial charge in [-0.1, -0.05) is 17.7 Å². The molecule has 0 aliphatic carbocycles. The lowest BCUT2D eigenvalue weighted by Crippen LogP contribution is -2.37. The lowest BCUT2D eigenvalue weighted by atomic mass is 9.92. The summed E-state index contributed by atoms with van der Waals surface area (Å²) < 4.78 is 13.3. The molecule has 0 fully saturated rings. The third kappa shape index (κ3) is 2.05. The lowest BCUT2D eigenvalue weighted by Gasteiger charge is -2.23. The van der Waals surface area contributed by atoms with Gasteiger partial charge in [0.15, 0.2) is 0 Å². The van der Waals surface area contributed by atoms with Crippen LogP contribution in [0.4, 0.5) is 4.39 Å². The molecule has 0 heterocycles. The quantitative estimate of drug-likeness (QED) is 0.726. The Morgan fingerprint density at radius 3 is 2.69 bits per heavy atom. The summed E-state index contributed by atoms with van der Waals surface area (Å²) in [5.41, 5.74) is 6.00. The largest absolute Gasteiger partial charge is 0.394 e. The van der Waals surface area contributed by atoms with Gasteiger partial charge in [-0.05, 0) is 19.9 Å². The minimum absolute atomic E-state index is 0.270. The van der Waals surface area contributed by atoms with Crippen molar-refractivity contribution >= 4 is 0 Å². The lowest BCUT2D eigenvalue weighted by molar-refractivity contribution is 0.206. The van der Waals surface area contributed by atoms with Crippen molar-refractivity contribution in [3.05, 3.63) is 35.1 Å². The molecule has 0 aliphatic heterocycles. The number of benzene rings is 1. The summed E-state index contributed by atoms with van der Waals surface area (Å²) in [6, 6.07) is 4.70. The first kappa shape index (κ1) is 10.2. The first-order valence-corrected chi connectivity index (χ1v) is 4.14. The number of rotatable bonds is 2. The van der Waals surface area contributed by atoms with Gasteiger partial charge in [0.1, 0.15) is 5.82 Å². The molecule has 0 spiro atoms. The second-order valence-electron chi connectivity index (χ2n) is 3.56. The first-order valence-electron chi connectivity index (χ1n) is 4.14. The van der Waals surface area contributed by atoms with Crippen molar-refractivity contribution in [1.29, 1.82) is 0 Å². The molecule has 1 rings (SSSR count). The fourth-order valence-corrected chi connectivity index (χ4v) is 1.16. The number of nitrogens with two attached hydrogens (primary N) is 1. The molecule has 3 heteroatoms. The minimum atomic E-state index is -1.00. The van der Waals surface area contributed by atoms with Gasteiger partial charge in [-0.3, -0.25) is 0 Å². The molecule has 0 bridgehead atoms. The molecule has 0 saturated carbocycles. The monoisotopic (exact) mass is 183 g/mol. The summed E-state index contributed by atoms with van der Waals surface area (Å²) in [5.74, 6) is -0.371. The SMILES string of the molecule is Cc1ccc(F)c(C(C)(N)CO)c1. The van der Waals surface area contributed by atoms with Crippen LogP contribution in [0.5, 0.6) is 0 Å². The molecule has 0 saturated heterocycles. The molecule has 0 radical (unpaired) electrons. The van der Waals surface area contributed by atoms with Crippen LogP contribution in [0.1, 0.15) is 18.1 Å². The predicted octanol–water partition coefficient (Wildman–Crippen LogP) is 1.30. The van der Waals surface area contributed by atoms with Gasteiger partial charge in [0, 0.05) is 5.56 Å². The van der Waals surface area contributed by atoms with E-state index in [-0.39, 0.29) is 12.4 Å². The van der Waals surface area contributed by atoms with E-state index in [1.165, 1.54) is 6.07 Å². The van der Waals surface area contributed by atoms with Crippen LogP contribution in [-0.2, 0) is 5.54 Å². The molecule has 1 atom stereocenters. The van der Waals surface area contributed by atoms with E-state index >= 15 is 0 Å². The van der Waals surface area contributed by atoms with E-state index in [2.05, 4.69) is 0 Å². The Kier molecular flexibility index (Phi) is 2.68. The highest BCUT2D eigenvalue weighted by atomic mass is 19.1. The van der Waals surface area contributed by atoms with Crippen LogP contribution >= 0.6 is 0 Å². The number of hydrogen-bond donors (Lipinski definition) is 2. The average Bonchev–Trinajstić information content (AvgIpc) is 2.09. The molecule has 3 N–H and O–H groups in total. The molecular weight excluding hydrogens is 169 g/mol. The van der Waals surface area contributed by atoms with E-state index in [4.69, 9.17) is 10.8 Å². The summed E-state index contributed by atoms with van der Waals surface area (Å²) in [6.07, 6.45) is 0. The van der Waals surface area contributed by atoms with Gasteiger partial charge in [0.25, 0.3) is 0 Å². The van der Waals surface area contributed by atoms with Gasteiger partial charge in [0.05, 0.1) is 12.1 Å². The number of hydrogen-bond acceptors (Lipinski definition) is 2. The van der Waals surface area contributed by atoms with Crippen LogP contribution in [0.2, 0.25) is 0 Å². The van der Waals surface area contributed by atoms with E-state index in [0.717, 1.165) is 5.56 Å². The second kappa shape index (κ2) is 3.44. The summed E-state index contributed by atoms with van der Waals surface area (Å²) in [4.78, 5) is 0. The van der Waals surface area contributed by atoms with Crippen LogP contribution in [0.15, 0.2) is 18.2 Å². The highest BCUT2D eigenvalue weighted by Crippen LogP contribution is 2.21. The van der Waals surface area contributed by atoms with Gasteiger partial charge in [-0.25, -0.2) is 4.39 Å². The van der Waals surface area contributed by atoms with Crippen LogP contribution in [-0.4, -0.2) is 11.7 Å². The van der Waals surface area contributed by atoms with Crippen LogP contribution in [0, 0.1) is 12.7 Å². The second-order valence-corrected chi connectivity index (χ2v) is 3.56. The van der Waals surface area contributed by atoms with Gasteiger partial charge < -0.3 is 10.8 Å². The van der Waals surface area contributed by atoms with Gasteiger partial charge in [-0.2, -0.15) is 0 Å². The van der Waals surface area contributed by atoms with Crippen molar-refractivity contribution in [3.63, 3.8) is 0 Å². The zero-order chi connectivity index (χ0) is 10.1. The Labute approximate surface area is 77.2 Å². The molecule has 72 valence electrons. The van der Waals surface area contributed by atoms with Crippen molar-refractivity contribution in [2.75, 3.05) is 6.61 Å². The molecule has 1 unspecified atom stereocenters. The fourth-order valence-electron chi connectivity index (χ4n) is 1.16. The van der Waals surface area contributed by atoms with E-state index in [1.807, 2.05) is 6.92 Å². The molecule has 2 nitrogen and oxygen atoms in total. The highest BCUT2D eigenvalue weighted by molar-refractivity contribution is 5.29. The molecule has 0 amide bonds. The van der Waals surface area contributed by atoms with E-state index in [1.54, 1.807) is 19.1 Å². The van der Waals surface area contributed by atoms with Crippen LogP contribution in [0.3, 0.4) is 0 Å². The van der Waals surface area contributed by atoms with Crippen molar-refractivity contribution in [3.8, 4) is 0 Å². The summed E-state index contributed by atoms with van der Waals surface area (Å²) in [7, 11) is 0. The Hall–Kier alpha value is -0.930. The van der Waals surface area contributed by atoms with E-state index in [0.29, 0.717) is 5.56 Å². The number of aliphatic hydroxyl groups excluding tert-OH is 1. The third-order valence-electron chi connectivity index (χ3n) is 2.07. The first-order chi connectivity index (χ1) is 5.97. The summed E-state index contributed by atoms with van der Waals surface area (Å²) >= 11 is 0. The minimum Gasteiger partial charge on any atom is -0.394 e. The Balaban J connectivity index is 3.20. The zero-order valence-corrected chi connectivity index (χ0v) is 7.84. The van der Waals surface area contributed by atoms with Crippen molar-refractivity contribution in [2.45, 2.75) is 19.4 Å². The van der Waals surface area contributed by atoms with E-state index in [9.17, 15) is 4.39 Å². The maximum atomic E-state index is 13.3. The van der Waals surface area contributed by atoms with Gasteiger partial charge in [0.2, 0.25) is 0 Å². The Morgan fingerprint density at radius 1 is 1.54 bits per heavy atom. The van der Waals surface area contributed by atoms with Gasteiger partial charge in [-0.15, -0.1) is 0 Å². The Bertz CT molecular complexity index is 310. The number of aryl methyl sites for hydroxylation is 1. The number of aliphatic hydroxyl groups is 1. The molecule has 1 aromatic carbocycles. The third-order valence-corrected chi connectivity index (χ3v) is 2.07. The normalized spacial score (nSPS) is 15.5. The zero-order valence-electron chi connectivity index (χ0n) is 7.84. The topological polar surface area (TPSA) is 46.2 Å². The van der Waals surface area contributed by atoms with Crippen molar-refractivity contribution in [2.24, 2.45) is 5.73 Å². The molecule has 1 aromatic rings. The summed E-state index contributed by atoms with van der Waals surface area (Å²) in [5, 5.41) is 8.97. The predicted molar refractivity (Wildman–Crippen MR) is 49.8 cm³/mol. The Morgan fingerprint density at radius 2 is 2.15 bits per heavy atom. The fraction of sp³-hybridized carbons (Fsp3) is 0.400. The van der Waals surface area contributed by atoms with E-state index < -0.39 is 5.54 Å². The van der Waals surface area contributed by atoms with Crippen LogP contribution < -0.4 is 5.73 Å². The van der Waals surface area contributed by atoms with Gasteiger partial charge >= 0.3 is 0 Å². The maximum absolute atomic E-state index is 13.3.